The molecule has 0 saturated carbocycles. The molecule has 0 aliphatic rings. The minimum atomic E-state index is -4.45. The Hall–Kier alpha value is -3.01. The molecule has 6 nitrogen and oxygen atoms in total. The molecule has 0 fully saturated rings. The molecular formula is C16H11F3N4O2S. The second-order valence-electron chi connectivity index (χ2n) is 5.02. The second-order valence-corrected chi connectivity index (χ2v) is 5.88. The summed E-state index contributed by atoms with van der Waals surface area (Å²) in [6.45, 7) is -1.44. The van der Waals surface area contributed by atoms with Crippen LogP contribution >= 0.6 is 11.3 Å². The zero-order valence-corrected chi connectivity index (χ0v) is 13.8. The number of carbonyl (C=O) groups is 1. The number of nitrogens with zero attached hydrogens (tertiary/aromatic N) is 3. The number of ether oxygens (including phenoxy) is 1. The SMILES string of the molecule is O=C(Nc1nc(-c2cccnc2)cs1)c1ccc(OCC(F)(F)F)nc1. The molecule has 0 aromatic carbocycles. The van der Waals surface area contributed by atoms with Crippen LogP contribution in [0, 0.1) is 0 Å². The number of aromatic nitrogens is 3. The van der Waals surface area contributed by atoms with Gasteiger partial charge in [0.1, 0.15) is 0 Å². The number of thiazole rings is 1. The number of anilines is 1. The first-order valence-corrected chi connectivity index (χ1v) is 8.11. The quantitative estimate of drug-likeness (QED) is 0.729. The first-order chi connectivity index (χ1) is 12.4. The maximum absolute atomic E-state index is 12.2. The van der Waals surface area contributed by atoms with Crippen molar-refractivity contribution < 1.29 is 22.7 Å². The Morgan fingerprint density at radius 1 is 1.23 bits per heavy atom. The predicted octanol–water partition coefficient (Wildman–Crippen LogP) is 3.79. The molecule has 1 amide bonds. The van der Waals surface area contributed by atoms with E-state index in [-0.39, 0.29) is 11.4 Å². The molecule has 0 atom stereocenters. The highest BCUT2D eigenvalue weighted by Gasteiger charge is 2.28. The van der Waals surface area contributed by atoms with E-state index in [0.29, 0.717) is 10.8 Å². The van der Waals surface area contributed by atoms with Crippen molar-refractivity contribution in [3.8, 4) is 17.1 Å². The van der Waals surface area contributed by atoms with Crippen molar-refractivity contribution in [2.24, 2.45) is 0 Å². The molecule has 10 heteroatoms. The molecule has 0 aliphatic carbocycles. The average molecular weight is 380 g/mol. The van der Waals surface area contributed by atoms with E-state index in [9.17, 15) is 18.0 Å². The van der Waals surface area contributed by atoms with Gasteiger partial charge in [0, 0.05) is 35.6 Å². The Kier molecular flexibility index (Phi) is 5.12. The maximum atomic E-state index is 12.2. The van der Waals surface area contributed by atoms with Crippen LogP contribution in [0.2, 0.25) is 0 Å². The summed E-state index contributed by atoms with van der Waals surface area (Å²) in [6.07, 6.45) is -0.0108. The number of rotatable bonds is 5. The third-order valence-electron chi connectivity index (χ3n) is 3.06. The van der Waals surface area contributed by atoms with Crippen molar-refractivity contribution in [3.05, 3.63) is 53.8 Å². The Morgan fingerprint density at radius 2 is 2.08 bits per heavy atom. The first kappa shape index (κ1) is 17.8. The number of nitrogens with one attached hydrogen (secondary N) is 1. The van der Waals surface area contributed by atoms with Gasteiger partial charge in [-0.05, 0) is 18.2 Å². The highest BCUT2D eigenvalue weighted by Crippen LogP contribution is 2.24. The van der Waals surface area contributed by atoms with Gasteiger partial charge in [-0.25, -0.2) is 9.97 Å². The number of pyridine rings is 2. The van der Waals surface area contributed by atoms with Crippen LogP contribution in [0.1, 0.15) is 10.4 Å². The molecule has 0 spiro atoms. The Morgan fingerprint density at radius 3 is 2.73 bits per heavy atom. The van der Waals surface area contributed by atoms with Crippen molar-refractivity contribution >= 4 is 22.4 Å². The zero-order valence-electron chi connectivity index (χ0n) is 13.0. The van der Waals surface area contributed by atoms with Gasteiger partial charge in [-0.15, -0.1) is 11.3 Å². The third-order valence-corrected chi connectivity index (χ3v) is 3.82. The molecule has 3 rings (SSSR count). The van der Waals surface area contributed by atoms with Gasteiger partial charge in [0.2, 0.25) is 5.88 Å². The molecule has 0 radical (unpaired) electrons. The van der Waals surface area contributed by atoms with E-state index in [0.717, 1.165) is 11.8 Å². The fraction of sp³-hybridized carbons (Fsp3) is 0.125. The van der Waals surface area contributed by atoms with Gasteiger partial charge in [-0.2, -0.15) is 13.2 Å². The van der Waals surface area contributed by atoms with Gasteiger partial charge in [0.15, 0.2) is 11.7 Å². The number of halogens is 3. The number of amides is 1. The summed E-state index contributed by atoms with van der Waals surface area (Å²) in [5, 5.41) is 4.77. The molecule has 3 aromatic heterocycles. The van der Waals surface area contributed by atoms with Crippen LogP contribution in [0.25, 0.3) is 11.3 Å². The smallest absolute Gasteiger partial charge is 0.422 e. The molecule has 1 N–H and O–H groups in total. The molecule has 134 valence electrons. The Labute approximate surface area is 149 Å². The van der Waals surface area contributed by atoms with E-state index in [2.05, 4.69) is 25.0 Å². The van der Waals surface area contributed by atoms with E-state index < -0.39 is 18.7 Å². The Balaban J connectivity index is 1.62. The normalized spacial score (nSPS) is 11.2. The molecule has 3 aromatic rings. The van der Waals surface area contributed by atoms with E-state index in [1.54, 1.807) is 23.8 Å². The lowest BCUT2D eigenvalue weighted by atomic mass is 10.2. The molecule has 26 heavy (non-hydrogen) atoms. The minimum absolute atomic E-state index is 0.169. The lowest BCUT2D eigenvalue weighted by Crippen LogP contribution is -2.19. The van der Waals surface area contributed by atoms with E-state index >= 15 is 0 Å². The fourth-order valence-electron chi connectivity index (χ4n) is 1.90. The summed E-state index contributed by atoms with van der Waals surface area (Å²) in [6, 6.07) is 6.14. The standard InChI is InChI=1S/C16H11F3N4O2S/c17-16(18,19)9-25-13-4-3-11(7-21-13)14(24)23-15-22-12(8-26-15)10-2-1-5-20-6-10/h1-8H,9H2,(H,22,23,24). The molecule has 0 unspecified atom stereocenters. The van der Waals surface area contributed by atoms with E-state index in [4.69, 9.17) is 0 Å². The van der Waals surface area contributed by atoms with Crippen LogP contribution in [0.15, 0.2) is 48.2 Å². The van der Waals surface area contributed by atoms with Crippen LogP contribution < -0.4 is 10.1 Å². The van der Waals surface area contributed by atoms with Crippen LogP contribution in [0.3, 0.4) is 0 Å². The van der Waals surface area contributed by atoms with Gasteiger partial charge in [0.05, 0.1) is 11.3 Å². The molecule has 0 saturated heterocycles. The molecule has 3 heterocycles. The molecular weight excluding hydrogens is 369 g/mol. The van der Waals surface area contributed by atoms with Crippen molar-refractivity contribution in [2.75, 3.05) is 11.9 Å². The van der Waals surface area contributed by atoms with Crippen molar-refractivity contribution in [1.82, 2.24) is 15.0 Å². The summed E-state index contributed by atoms with van der Waals surface area (Å²) < 4.78 is 40.8. The molecule has 0 aliphatic heterocycles. The van der Waals surface area contributed by atoms with Crippen molar-refractivity contribution in [1.29, 1.82) is 0 Å². The topological polar surface area (TPSA) is 77.0 Å². The van der Waals surface area contributed by atoms with Crippen LogP contribution in [-0.4, -0.2) is 33.6 Å². The van der Waals surface area contributed by atoms with Gasteiger partial charge in [-0.3, -0.25) is 15.1 Å². The highest BCUT2D eigenvalue weighted by molar-refractivity contribution is 7.14. The third kappa shape index (κ3) is 4.76. The van der Waals surface area contributed by atoms with Gasteiger partial charge in [-0.1, -0.05) is 0 Å². The van der Waals surface area contributed by atoms with Crippen molar-refractivity contribution in [3.63, 3.8) is 0 Å². The summed E-state index contributed by atoms with van der Waals surface area (Å²) in [4.78, 5) is 24.2. The highest BCUT2D eigenvalue weighted by atomic mass is 32.1. The lowest BCUT2D eigenvalue weighted by Gasteiger charge is -2.08. The minimum Gasteiger partial charge on any atom is -0.468 e. The first-order valence-electron chi connectivity index (χ1n) is 7.23. The van der Waals surface area contributed by atoms with E-state index in [1.807, 2.05) is 6.07 Å². The van der Waals surface area contributed by atoms with Gasteiger partial charge >= 0.3 is 6.18 Å². The number of hydrogen-bond acceptors (Lipinski definition) is 6. The van der Waals surface area contributed by atoms with Gasteiger partial charge in [0.25, 0.3) is 5.91 Å². The lowest BCUT2D eigenvalue weighted by molar-refractivity contribution is -0.154. The summed E-state index contributed by atoms with van der Waals surface area (Å²) in [5.74, 6) is -0.695. The van der Waals surface area contributed by atoms with Crippen LogP contribution in [-0.2, 0) is 0 Å². The monoisotopic (exact) mass is 380 g/mol. The van der Waals surface area contributed by atoms with Crippen molar-refractivity contribution in [2.45, 2.75) is 6.18 Å². The fourth-order valence-corrected chi connectivity index (χ4v) is 2.62. The number of hydrogen-bond donors (Lipinski definition) is 1. The second kappa shape index (κ2) is 7.48. The maximum Gasteiger partial charge on any atom is 0.422 e. The summed E-state index contributed by atoms with van der Waals surface area (Å²) in [7, 11) is 0. The number of carbonyl (C=O) groups excluding carboxylic acids is 1. The van der Waals surface area contributed by atoms with Gasteiger partial charge < -0.3 is 4.74 Å². The summed E-state index contributed by atoms with van der Waals surface area (Å²) >= 11 is 1.24. The predicted molar refractivity (Wildman–Crippen MR) is 89.1 cm³/mol. The van der Waals surface area contributed by atoms with E-state index in [1.165, 1.54) is 23.5 Å². The largest absolute Gasteiger partial charge is 0.468 e. The Bertz CT molecular complexity index is 883. The number of alkyl halides is 3. The zero-order chi connectivity index (χ0) is 18.6. The van der Waals surface area contributed by atoms with Crippen LogP contribution in [0.4, 0.5) is 18.3 Å². The summed E-state index contributed by atoms with van der Waals surface area (Å²) in [5.41, 5.74) is 1.66. The van der Waals surface area contributed by atoms with Crippen LogP contribution in [0.5, 0.6) is 5.88 Å². The molecule has 0 bridgehead atoms. The average Bonchev–Trinajstić information content (AvgIpc) is 3.09.